The van der Waals surface area contributed by atoms with Gasteiger partial charge in [0.1, 0.15) is 0 Å². The van der Waals surface area contributed by atoms with E-state index in [0.717, 1.165) is 25.9 Å². The fraction of sp³-hybridized carbons (Fsp3) is 0.929. The van der Waals surface area contributed by atoms with Gasteiger partial charge in [-0.25, -0.2) is 0 Å². The standard InChI is InChI=1S/C14H27NO2/c1-14(2,3)8-10-17-13(16)7-6-12-5-4-9-15-11-12/h12,15H,4-11H2,1-3H3. The van der Waals surface area contributed by atoms with Crippen LogP contribution in [0.4, 0.5) is 0 Å². The molecule has 1 aliphatic heterocycles. The van der Waals surface area contributed by atoms with Crippen molar-refractivity contribution in [3.63, 3.8) is 0 Å². The van der Waals surface area contributed by atoms with E-state index in [2.05, 4.69) is 26.1 Å². The molecule has 0 spiro atoms. The summed E-state index contributed by atoms with van der Waals surface area (Å²) < 4.78 is 5.25. The largest absolute Gasteiger partial charge is 0.466 e. The number of ether oxygens (including phenoxy) is 1. The van der Waals surface area contributed by atoms with Crippen molar-refractivity contribution in [1.82, 2.24) is 5.32 Å². The second kappa shape index (κ2) is 7.00. The first-order chi connectivity index (χ1) is 7.97. The molecule has 0 aromatic carbocycles. The highest BCUT2D eigenvalue weighted by Crippen LogP contribution is 2.19. The van der Waals surface area contributed by atoms with Gasteiger partial charge in [-0.15, -0.1) is 0 Å². The molecule has 3 nitrogen and oxygen atoms in total. The molecule has 3 heteroatoms. The lowest BCUT2D eigenvalue weighted by Crippen LogP contribution is -2.30. The van der Waals surface area contributed by atoms with Crippen molar-refractivity contribution in [3.05, 3.63) is 0 Å². The Morgan fingerprint density at radius 2 is 2.18 bits per heavy atom. The van der Waals surface area contributed by atoms with E-state index in [9.17, 15) is 4.79 Å². The van der Waals surface area contributed by atoms with Gasteiger partial charge in [0.2, 0.25) is 0 Å². The van der Waals surface area contributed by atoms with Crippen LogP contribution in [-0.2, 0) is 9.53 Å². The van der Waals surface area contributed by atoms with Gasteiger partial charge in [0.15, 0.2) is 0 Å². The smallest absolute Gasteiger partial charge is 0.305 e. The van der Waals surface area contributed by atoms with E-state index in [1.807, 2.05) is 0 Å². The van der Waals surface area contributed by atoms with Crippen LogP contribution in [0.1, 0.15) is 52.9 Å². The maximum absolute atomic E-state index is 11.5. The zero-order valence-corrected chi connectivity index (χ0v) is 11.6. The first-order valence-electron chi connectivity index (χ1n) is 6.84. The van der Waals surface area contributed by atoms with Crippen LogP contribution in [0, 0.1) is 11.3 Å². The molecular weight excluding hydrogens is 214 g/mol. The van der Waals surface area contributed by atoms with Crippen molar-refractivity contribution in [3.8, 4) is 0 Å². The van der Waals surface area contributed by atoms with E-state index in [4.69, 9.17) is 4.74 Å². The zero-order valence-electron chi connectivity index (χ0n) is 11.6. The second-order valence-electron chi connectivity index (χ2n) is 6.28. The van der Waals surface area contributed by atoms with Crippen molar-refractivity contribution in [2.45, 2.75) is 52.9 Å². The molecule has 1 fully saturated rings. The second-order valence-corrected chi connectivity index (χ2v) is 6.28. The minimum atomic E-state index is -0.0279. The van der Waals surface area contributed by atoms with Crippen molar-refractivity contribution < 1.29 is 9.53 Å². The topological polar surface area (TPSA) is 38.3 Å². The summed E-state index contributed by atoms with van der Waals surface area (Å²) in [5.41, 5.74) is 0.244. The quantitative estimate of drug-likeness (QED) is 0.752. The third-order valence-electron chi connectivity index (χ3n) is 3.27. The molecule has 1 atom stereocenters. The molecule has 0 aromatic heterocycles. The molecule has 1 N–H and O–H groups in total. The van der Waals surface area contributed by atoms with Crippen LogP contribution in [0.5, 0.6) is 0 Å². The number of rotatable bonds is 5. The third-order valence-corrected chi connectivity index (χ3v) is 3.27. The summed E-state index contributed by atoms with van der Waals surface area (Å²) >= 11 is 0. The number of nitrogens with one attached hydrogen (secondary N) is 1. The Hall–Kier alpha value is -0.570. The Labute approximate surface area is 105 Å². The van der Waals surface area contributed by atoms with Gasteiger partial charge in [-0.3, -0.25) is 4.79 Å². The van der Waals surface area contributed by atoms with Crippen LogP contribution in [0.15, 0.2) is 0 Å². The molecule has 1 rings (SSSR count). The number of piperidine rings is 1. The molecule has 1 aliphatic rings. The fourth-order valence-electron chi connectivity index (χ4n) is 2.04. The van der Waals surface area contributed by atoms with E-state index >= 15 is 0 Å². The summed E-state index contributed by atoms with van der Waals surface area (Å²) in [5, 5.41) is 3.37. The Kier molecular flexibility index (Phi) is 5.96. The van der Waals surface area contributed by atoms with Crippen LogP contribution in [0.3, 0.4) is 0 Å². The van der Waals surface area contributed by atoms with Crippen LogP contribution < -0.4 is 5.32 Å². The lowest BCUT2D eigenvalue weighted by molar-refractivity contribution is -0.144. The number of hydrogen-bond donors (Lipinski definition) is 1. The fourth-order valence-corrected chi connectivity index (χ4v) is 2.04. The molecule has 0 aliphatic carbocycles. The molecule has 1 saturated heterocycles. The molecule has 0 radical (unpaired) electrons. The third kappa shape index (κ3) is 7.37. The van der Waals surface area contributed by atoms with Gasteiger partial charge < -0.3 is 10.1 Å². The molecule has 100 valence electrons. The monoisotopic (exact) mass is 241 g/mol. The van der Waals surface area contributed by atoms with Gasteiger partial charge in [0.05, 0.1) is 6.61 Å². The van der Waals surface area contributed by atoms with E-state index in [0.29, 0.717) is 18.9 Å². The first kappa shape index (κ1) is 14.5. The van der Waals surface area contributed by atoms with Gasteiger partial charge in [-0.1, -0.05) is 20.8 Å². The van der Waals surface area contributed by atoms with Crippen molar-refractivity contribution in [2.75, 3.05) is 19.7 Å². The summed E-state index contributed by atoms with van der Waals surface area (Å²) in [6.45, 7) is 9.24. The van der Waals surface area contributed by atoms with Gasteiger partial charge >= 0.3 is 5.97 Å². The van der Waals surface area contributed by atoms with Crippen LogP contribution >= 0.6 is 0 Å². The molecule has 0 amide bonds. The van der Waals surface area contributed by atoms with Crippen molar-refractivity contribution in [2.24, 2.45) is 11.3 Å². The maximum Gasteiger partial charge on any atom is 0.305 e. The van der Waals surface area contributed by atoms with Crippen molar-refractivity contribution >= 4 is 5.97 Å². The van der Waals surface area contributed by atoms with E-state index in [-0.39, 0.29) is 11.4 Å². The minimum absolute atomic E-state index is 0.0279. The summed E-state index contributed by atoms with van der Waals surface area (Å²) in [4.78, 5) is 11.5. The highest BCUT2D eigenvalue weighted by molar-refractivity contribution is 5.69. The summed E-state index contributed by atoms with van der Waals surface area (Å²) in [7, 11) is 0. The first-order valence-corrected chi connectivity index (χ1v) is 6.84. The van der Waals surface area contributed by atoms with Crippen LogP contribution in [-0.4, -0.2) is 25.7 Å². The number of esters is 1. The highest BCUT2D eigenvalue weighted by atomic mass is 16.5. The van der Waals surface area contributed by atoms with Crippen molar-refractivity contribution in [1.29, 1.82) is 0 Å². The Morgan fingerprint density at radius 1 is 1.41 bits per heavy atom. The van der Waals surface area contributed by atoms with Gasteiger partial charge in [0, 0.05) is 6.42 Å². The SMILES string of the molecule is CC(C)(C)CCOC(=O)CCC1CCCNC1. The maximum atomic E-state index is 11.5. The molecule has 17 heavy (non-hydrogen) atoms. The Morgan fingerprint density at radius 3 is 2.76 bits per heavy atom. The zero-order chi connectivity index (χ0) is 12.7. The van der Waals surface area contributed by atoms with Gasteiger partial charge in [-0.05, 0) is 50.1 Å². The highest BCUT2D eigenvalue weighted by Gasteiger charge is 2.16. The predicted octanol–water partition coefficient (Wildman–Crippen LogP) is 2.75. The lowest BCUT2D eigenvalue weighted by Gasteiger charge is -2.22. The minimum Gasteiger partial charge on any atom is -0.466 e. The number of carbonyl (C=O) groups excluding carboxylic acids is 1. The molecule has 1 unspecified atom stereocenters. The Balaban J connectivity index is 2.04. The number of hydrogen-bond acceptors (Lipinski definition) is 3. The summed E-state index contributed by atoms with van der Waals surface area (Å²) in [5.74, 6) is 0.638. The van der Waals surface area contributed by atoms with E-state index < -0.39 is 0 Å². The lowest BCUT2D eigenvalue weighted by atomic mass is 9.93. The van der Waals surface area contributed by atoms with Gasteiger partial charge in [-0.2, -0.15) is 0 Å². The average molecular weight is 241 g/mol. The molecule has 1 heterocycles. The molecule has 0 saturated carbocycles. The van der Waals surface area contributed by atoms with E-state index in [1.54, 1.807) is 0 Å². The predicted molar refractivity (Wildman–Crippen MR) is 69.9 cm³/mol. The average Bonchev–Trinajstić information content (AvgIpc) is 2.26. The van der Waals surface area contributed by atoms with Crippen LogP contribution in [0.25, 0.3) is 0 Å². The molecule has 0 bridgehead atoms. The number of carbonyl (C=O) groups is 1. The normalized spacial score (nSPS) is 21.2. The van der Waals surface area contributed by atoms with Crippen LogP contribution in [0.2, 0.25) is 0 Å². The molecular formula is C14H27NO2. The molecule has 0 aromatic rings. The summed E-state index contributed by atoms with van der Waals surface area (Å²) in [6, 6.07) is 0. The Bertz CT molecular complexity index is 227. The van der Waals surface area contributed by atoms with Gasteiger partial charge in [0.25, 0.3) is 0 Å². The van der Waals surface area contributed by atoms with E-state index in [1.165, 1.54) is 12.8 Å². The summed E-state index contributed by atoms with van der Waals surface area (Å²) in [6.07, 6.45) is 4.98.